The van der Waals surface area contributed by atoms with E-state index >= 15 is 0 Å². The Balaban J connectivity index is 1.98. The number of fused-ring (bicyclic) bond motifs is 1. The predicted octanol–water partition coefficient (Wildman–Crippen LogP) is 3.84. The quantitative estimate of drug-likeness (QED) is 0.480. The fourth-order valence-electron chi connectivity index (χ4n) is 2.54. The van der Waals surface area contributed by atoms with Crippen LogP contribution in [0.1, 0.15) is 34.0 Å². The lowest BCUT2D eigenvalue weighted by atomic mass is 10.1. The molecule has 0 spiro atoms. The lowest BCUT2D eigenvalue weighted by molar-refractivity contribution is -0.131. The molecule has 0 fully saturated rings. The minimum absolute atomic E-state index is 0.168. The van der Waals surface area contributed by atoms with Crippen molar-refractivity contribution in [1.29, 1.82) is 0 Å². The number of carbonyl (C=O) groups is 2. The van der Waals surface area contributed by atoms with Gasteiger partial charge in [-0.25, -0.2) is 0 Å². The zero-order valence-electron chi connectivity index (χ0n) is 13.2. The maximum Gasteiger partial charge on any atom is 0.308 e. The van der Waals surface area contributed by atoms with E-state index in [0.29, 0.717) is 22.6 Å². The van der Waals surface area contributed by atoms with E-state index in [0.717, 1.165) is 11.1 Å². The fraction of sp³-hybridized carbons (Fsp3) is 0.158. The summed E-state index contributed by atoms with van der Waals surface area (Å²) in [6, 6.07) is 11.1. The molecule has 0 amide bonds. The standard InChI is InChI=1S/C19H16O4/c1-11-5-4-6-14(9-11)10-17-18(21)15-7-8-16(22-13(3)20)12(2)19(15)23-17/h4-10H,1-3H3/b17-10-. The lowest BCUT2D eigenvalue weighted by Gasteiger charge is -2.08. The van der Waals surface area contributed by atoms with Crippen LogP contribution in [0.15, 0.2) is 42.2 Å². The van der Waals surface area contributed by atoms with Crippen molar-refractivity contribution in [3.8, 4) is 11.5 Å². The molecule has 23 heavy (non-hydrogen) atoms. The van der Waals surface area contributed by atoms with Crippen LogP contribution >= 0.6 is 0 Å². The van der Waals surface area contributed by atoms with E-state index in [9.17, 15) is 9.59 Å². The third-order valence-electron chi connectivity index (χ3n) is 3.63. The first-order valence-electron chi connectivity index (χ1n) is 7.28. The number of ether oxygens (including phenoxy) is 2. The summed E-state index contributed by atoms with van der Waals surface area (Å²) in [5, 5.41) is 0. The third kappa shape index (κ3) is 2.88. The predicted molar refractivity (Wildman–Crippen MR) is 86.6 cm³/mol. The number of benzene rings is 2. The largest absolute Gasteiger partial charge is 0.452 e. The van der Waals surface area contributed by atoms with Gasteiger partial charge in [-0.3, -0.25) is 9.59 Å². The Morgan fingerprint density at radius 1 is 1.17 bits per heavy atom. The van der Waals surface area contributed by atoms with Crippen LogP contribution in [0.4, 0.5) is 0 Å². The molecular formula is C19H16O4. The van der Waals surface area contributed by atoms with Gasteiger partial charge in [-0.05, 0) is 37.6 Å². The summed E-state index contributed by atoms with van der Waals surface area (Å²) in [5.41, 5.74) is 3.13. The van der Waals surface area contributed by atoms with Crippen molar-refractivity contribution in [2.24, 2.45) is 0 Å². The Hall–Kier alpha value is -2.88. The van der Waals surface area contributed by atoms with Crippen LogP contribution in [0.2, 0.25) is 0 Å². The zero-order valence-corrected chi connectivity index (χ0v) is 13.2. The molecule has 0 aromatic heterocycles. The summed E-state index contributed by atoms with van der Waals surface area (Å²) in [4.78, 5) is 23.6. The normalized spacial score (nSPS) is 14.6. The third-order valence-corrected chi connectivity index (χ3v) is 3.63. The summed E-state index contributed by atoms with van der Waals surface area (Å²) in [5.74, 6) is 0.550. The summed E-state index contributed by atoms with van der Waals surface area (Å²) >= 11 is 0. The number of allylic oxidation sites excluding steroid dienone is 1. The van der Waals surface area contributed by atoms with Crippen molar-refractivity contribution < 1.29 is 19.1 Å². The molecule has 0 saturated heterocycles. The van der Waals surface area contributed by atoms with Gasteiger partial charge in [0.05, 0.1) is 5.56 Å². The van der Waals surface area contributed by atoms with Gasteiger partial charge in [0, 0.05) is 12.5 Å². The van der Waals surface area contributed by atoms with Crippen molar-refractivity contribution in [3.05, 3.63) is 64.4 Å². The van der Waals surface area contributed by atoms with Crippen LogP contribution in [-0.2, 0) is 4.79 Å². The number of carbonyl (C=O) groups excluding carboxylic acids is 2. The van der Waals surface area contributed by atoms with Crippen molar-refractivity contribution in [1.82, 2.24) is 0 Å². The summed E-state index contributed by atoms with van der Waals surface area (Å²) in [6.45, 7) is 5.09. The Morgan fingerprint density at radius 2 is 1.96 bits per heavy atom. The van der Waals surface area contributed by atoms with Crippen LogP contribution in [0, 0.1) is 13.8 Å². The molecule has 1 heterocycles. The van der Waals surface area contributed by atoms with E-state index < -0.39 is 5.97 Å². The Kier molecular flexibility index (Phi) is 3.74. The molecule has 0 N–H and O–H groups in total. The number of ketones is 1. The van der Waals surface area contributed by atoms with Crippen molar-refractivity contribution in [2.45, 2.75) is 20.8 Å². The molecule has 2 aromatic rings. The highest BCUT2D eigenvalue weighted by atomic mass is 16.5. The Morgan fingerprint density at radius 3 is 2.65 bits per heavy atom. The summed E-state index contributed by atoms with van der Waals surface area (Å²) < 4.78 is 10.9. The maximum absolute atomic E-state index is 12.5. The second-order valence-electron chi connectivity index (χ2n) is 5.51. The SMILES string of the molecule is CC(=O)Oc1ccc2c(c1C)O/C(=C\c1cccc(C)c1)C2=O. The molecule has 0 saturated carbocycles. The molecular weight excluding hydrogens is 292 g/mol. The van der Waals surface area contributed by atoms with Gasteiger partial charge in [-0.15, -0.1) is 0 Å². The van der Waals surface area contributed by atoms with Crippen LogP contribution in [0.25, 0.3) is 6.08 Å². The van der Waals surface area contributed by atoms with Crippen molar-refractivity contribution >= 4 is 17.8 Å². The van der Waals surface area contributed by atoms with E-state index in [1.54, 1.807) is 25.1 Å². The molecule has 2 aromatic carbocycles. The first kappa shape index (κ1) is 15.0. The van der Waals surface area contributed by atoms with Crippen molar-refractivity contribution in [3.63, 3.8) is 0 Å². The molecule has 0 atom stereocenters. The highest BCUT2D eigenvalue weighted by Crippen LogP contribution is 2.39. The van der Waals surface area contributed by atoms with E-state index in [1.165, 1.54) is 6.92 Å². The number of esters is 1. The number of hydrogen-bond donors (Lipinski definition) is 0. The lowest BCUT2D eigenvalue weighted by Crippen LogP contribution is -2.03. The summed E-state index contributed by atoms with van der Waals surface area (Å²) in [6.07, 6.45) is 1.72. The molecule has 4 heteroatoms. The molecule has 116 valence electrons. The van der Waals surface area contributed by atoms with Gasteiger partial charge in [0.2, 0.25) is 5.78 Å². The molecule has 1 aliphatic rings. The van der Waals surface area contributed by atoms with Gasteiger partial charge in [0.15, 0.2) is 5.76 Å². The van der Waals surface area contributed by atoms with E-state index in [-0.39, 0.29) is 11.5 Å². The molecule has 0 unspecified atom stereocenters. The number of hydrogen-bond acceptors (Lipinski definition) is 4. The van der Waals surface area contributed by atoms with Crippen LogP contribution < -0.4 is 9.47 Å². The number of Topliss-reactive ketones (excluding diaryl/α,β-unsaturated/α-hetero) is 1. The molecule has 0 aliphatic carbocycles. The molecule has 4 nitrogen and oxygen atoms in total. The Bertz CT molecular complexity index is 846. The second-order valence-corrected chi connectivity index (χ2v) is 5.51. The van der Waals surface area contributed by atoms with E-state index in [4.69, 9.17) is 9.47 Å². The molecule has 1 aliphatic heterocycles. The molecule has 3 rings (SSSR count). The van der Waals surface area contributed by atoms with Gasteiger partial charge in [0.25, 0.3) is 0 Å². The van der Waals surface area contributed by atoms with Crippen LogP contribution in [0.5, 0.6) is 11.5 Å². The van der Waals surface area contributed by atoms with Crippen LogP contribution in [0.3, 0.4) is 0 Å². The number of rotatable bonds is 2. The Labute approximate surface area is 134 Å². The zero-order chi connectivity index (χ0) is 16.6. The topological polar surface area (TPSA) is 52.6 Å². The van der Waals surface area contributed by atoms with Gasteiger partial charge >= 0.3 is 5.97 Å². The maximum atomic E-state index is 12.5. The smallest absolute Gasteiger partial charge is 0.308 e. The number of aryl methyl sites for hydroxylation is 1. The molecule has 0 bridgehead atoms. The summed E-state index contributed by atoms with van der Waals surface area (Å²) in [7, 11) is 0. The average Bonchev–Trinajstić information content (AvgIpc) is 2.79. The highest BCUT2D eigenvalue weighted by molar-refractivity contribution is 6.15. The van der Waals surface area contributed by atoms with E-state index in [2.05, 4.69) is 0 Å². The molecule has 0 radical (unpaired) electrons. The van der Waals surface area contributed by atoms with Gasteiger partial charge < -0.3 is 9.47 Å². The van der Waals surface area contributed by atoms with E-state index in [1.807, 2.05) is 31.2 Å². The van der Waals surface area contributed by atoms with Gasteiger partial charge in [-0.2, -0.15) is 0 Å². The van der Waals surface area contributed by atoms with Crippen LogP contribution in [-0.4, -0.2) is 11.8 Å². The van der Waals surface area contributed by atoms with Gasteiger partial charge in [-0.1, -0.05) is 29.8 Å². The monoisotopic (exact) mass is 308 g/mol. The van der Waals surface area contributed by atoms with Gasteiger partial charge in [0.1, 0.15) is 11.5 Å². The fourth-order valence-corrected chi connectivity index (χ4v) is 2.54. The highest BCUT2D eigenvalue weighted by Gasteiger charge is 2.30. The van der Waals surface area contributed by atoms with Crippen molar-refractivity contribution in [2.75, 3.05) is 0 Å². The average molecular weight is 308 g/mol. The minimum Gasteiger partial charge on any atom is -0.452 e. The first-order chi connectivity index (χ1) is 11.0. The second kappa shape index (κ2) is 5.72. The first-order valence-corrected chi connectivity index (χ1v) is 7.28. The minimum atomic E-state index is -0.409.